The first kappa shape index (κ1) is 17.1. The lowest BCUT2D eigenvalue weighted by atomic mass is 9.69. The molecule has 1 heterocycles. The Balaban J connectivity index is 0.00000161. The normalized spacial score (nSPS) is 40.0. The maximum atomic E-state index is 12.3. The number of nitrogens with one attached hydrogen (secondary N) is 2. The average molecular weight is 315 g/mol. The quantitative estimate of drug-likeness (QED) is 0.837. The molecule has 2 bridgehead atoms. The second kappa shape index (κ2) is 6.08. The van der Waals surface area contributed by atoms with E-state index in [4.69, 9.17) is 0 Å². The third-order valence-electron chi connectivity index (χ3n) is 7.07. The van der Waals surface area contributed by atoms with Crippen molar-refractivity contribution in [3.63, 3.8) is 0 Å². The Hall–Kier alpha value is -0.280. The van der Waals surface area contributed by atoms with Crippen molar-refractivity contribution in [3.8, 4) is 0 Å². The molecule has 1 saturated heterocycles. The van der Waals surface area contributed by atoms with Crippen molar-refractivity contribution in [1.82, 2.24) is 10.6 Å². The van der Waals surface area contributed by atoms with E-state index in [9.17, 15) is 4.79 Å². The summed E-state index contributed by atoms with van der Waals surface area (Å²) >= 11 is 0. The molecule has 0 aromatic rings. The first-order valence-electron chi connectivity index (χ1n) is 8.43. The van der Waals surface area contributed by atoms with Crippen LogP contribution in [0.4, 0.5) is 0 Å². The van der Waals surface area contributed by atoms with Gasteiger partial charge in [-0.15, -0.1) is 12.4 Å². The van der Waals surface area contributed by atoms with E-state index in [0.29, 0.717) is 29.2 Å². The molecular formula is C17H31ClN2O. The van der Waals surface area contributed by atoms with Gasteiger partial charge in [0.15, 0.2) is 0 Å². The van der Waals surface area contributed by atoms with Gasteiger partial charge < -0.3 is 10.6 Å². The van der Waals surface area contributed by atoms with E-state index < -0.39 is 0 Å². The number of rotatable bonds is 4. The number of hydrogen-bond acceptors (Lipinski definition) is 2. The number of amides is 1. The van der Waals surface area contributed by atoms with Crippen LogP contribution in [-0.4, -0.2) is 25.0 Å². The van der Waals surface area contributed by atoms with E-state index in [2.05, 4.69) is 31.4 Å². The Labute approximate surface area is 135 Å². The molecule has 3 fully saturated rings. The molecule has 3 aliphatic rings. The van der Waals surface area contributed by atoms with Gasteiger partial charge in [-0.2, -0.15) is 0 Å². The fourth-order valence-electron chi connectivity index (χ4n) is 4.98. The van der Waals surface area contributed by atoms with Crippen molar-refractivity contribution in [1.29, 1.82) is 0 Å². The van der Waals surface area contributed by atoms with Crippen molar-refractivity contribution in [2.24, 2.45) is 22.7 Å². The van der Waals surface area contributed by atoms with Crippen molar-refractivity contribution in [2.75, 3.05) is 13.1 Å². The van der Waals surface area contributed by atoms with Crippen LogP contribution < -0.4 is 10.6 Å². The zero-order chi connectivity index (χ0) is 14.4. The smallest absolute Gasteiger partial charge is 0.220 e. The molecule has 4 atom stereocenters. The highest BCUT2D eigenvalue weighted by Gasteiger charge is 2.61. The SMILES string of the molecule is CC1(C)C2CCC1(C)C(NC(=O)CCC1CCNC1)C2.Cl. The van der Waals surface area contributed by atoms with Gasteiger partial charge in [-0.1, -0.05) is 20.8 Å². The molecule has 0 aromatic heterocycles. The van der Waals surface area contributed by atoms with Crippen molar-refractivity contribution >= 4 is 18.3 Å². The molecule has 4 heteroatoms. The van der Waals surface area contributed by atoms with Gasteiger partial charge in [0.2, 0.25) is 5.91 Å². The lowest BCUT2D eigenvalue weighted by molar-refractivity contribution is -0.123. The average Bonchev–Trinajstić information content (AvgIpc) is 3.02. The van der Waals surface area contributed by atoms with E-state index in [-0.39, 0.29) is 18.3 Å². The summed E-state index contributed by atoms with van der Waals surface area (Å²) in [6.07, 6.45) is 6.83. The first-order valence-corrected chi connectivity index (χ1v) is 8.43. The third-order valence-corrected chi connectivity index (χ3v) is 7.07. The fraction of sp³-hybridized carbons (Fsp3) is 0.941. The highest BCUT2D eigenvalue weighted by molar-refractivity contribution is 5.85. The first-order chi connectivity index (χ1) is 9.43. The molecule has 0 radical (unpaired) electrons. The van der Waals surface area contributed by atoms with Gasteiger partial charge >= 0.3 is 0 Å². The summed E-state index contributed by atoms with van der Waals surface area (Å²) in [5.41, 5.74) is 0.697. The Morgan fingerprint density at radius 3 is 2.57 bits per heavy atom. The van der Waals surface area contributed by atoms with Crippen LogP contribution in [-0.2, 0) is 4.79 Å². The van der Waals surface area contributed by atoms with E-state index >= 15 is 0 Å². The largest absolute Gasteiger partial charge is 0.353 e. The summed E-state index contributed by atoms with van der Waals surface area (Å²) in [5.74, 6) is 1.80. The predicted octanol–water partition coefficient (Wildman–Crippen LogP) is 3.13. The summed E-state index contributed by atoms with van der Waals surface area (Å²) in [6.45, 7) is 9.43. The summed E-state index contributed by atoms with van der Waals surface area (Å²) in [4.78, 5) is 12.3. The van der Waals surface area contributed by atoms with Crippen LogP contribution in [0.1, 0.15) is 59.3 Å². The fourth-order valence-corrected chi connectivity index (χ4v) is 4.98. The van der Waals surface area contributed by atoms with Crippen molar-refractivity contribution in [2.45, 2.75) is 65.3 Å². The standard InChI is InChI=1S/C17H30N2O.ClH/c1-16(2)13-6-8-17(16,3)14(10-13)19-15(20)5-4-12-7-9-18-11-12;/h12-14,18H,4-11H2,1-3H3,(H,19,20);1H. The minimum atomic E-state index is 0. The number of fused-ring (bicyclic) bond motifs is 2. The van der Waals surface area contributed by atoms with Crippen LogP contribution in [0.5, 0.6) is 0 Å². The highest BCUT2D eigenvalue weighted by Crippen LogP contribution is 2.65. The van der Waals surface area contributed by atoms with E-state index in [1.807, 2.05) is 0 Å². The lowest BCUT2D eigenvalue weighted by Gasteiger charge is -2.39. The predicted molar refractivity (Wildman–Crippen MR) is 88.6 cm³/mol. The molecule has 1 amide bonds. The molecule has 2 saturated carbocycles. The van der Waals surface area contributed by atoms with Crippen LogP contribution in [0, 0.1) is 22.7 Å². The van der Waals surface area contributed by atoms with Crippen LogP contribution in [0.25, 0.3) is 0 Å². The van der Waals surface area contributed by atoms with Gasteiger partial charge in [0.05, 0.1) is 0 Å². The summed E-state index contributed by atoms with van der Waals surface area (Å²) in [5, 5.41) is 6.75. The molecule has 1 aliphatic heterocycles. The number of hydrogen-bond donors (Lipinski definition) is 2. The van der Waals surface area contributed by atoms with Gasteiger partial charge in [-0.25, -0.2) is 0 Å². The van der Waals surface area contributed by atoms with Gasteiger partial charge in [0.1, 0.15) is 0 Å². The van der Waals surface area contributed by atoms with E-state index in [1.165, 1.54) is 25.7 Å². The lowest BCUT2D eigenvalue weighted by Crippen LogP contribution is -2.46. The topological polar surface area (TPSA) is 41.1 Å². The molecule has 21 heavy (non-hydrogen) atoms. The number of halogens is 1. The second-order valence-electron chi connectivity index (χ2n) is 8.13. The molecule has 3 nitrogen and oxygen atoms in total. The molecule has 3 rings (SSSR count). The number of carbonyl (C=O) groups is 1. The zero-order valence-corrected chi connectivity index (χ0v) is 14.5. The van der Waals surface area contributed by atoms with E-state index in [1.54, 1.807) is 0 Å². The van der Waals surface area contributed by atoms with Crippen LogP contribution >= 0.6 is 12.4 Å². The van der Waals surface area contributed by atoms with E-state index in [0.717, 1.165) is 25.4 Å². The molecule has 0 aromatic carbocycles. The maximum Gasteiger partial charge on any atom is 0.220 e. The van der Waals surface area contributed by atoms with Gasteiger partial charge in [0.25, 0.3) is 0 Å². The Morgan fingerprint density at radius 1 is 1.29 bits per heavy atom. The highest BCUT2D eigenvalue weighted by atomic mass is 35.5. The molecular weight excluding hydrogens is 284 g/mol. The molecule has 4 unspecified atom stereocenters. The zero-order valence-electron chi connectivity index (χ0n) is 13.7. The Morgan fingerprint density at radius 2 is 2.05 bits per heavy atom. The Bertz CT molecular complexity index is 392. The summed E-state index contributed by atoms with van der Waals surface area (Å²) in [6, 6.07) is 0.408. The molecule has 2 N–H and O–H groups in total. The summed E-state index contributed by atoms with van der Waals surface area (Å²) in [7, 11) is 0. The Kier molecular flexibility index (Phi) is 4.94. The monoisotopic (exact) mass is 314 g/mol. The van der Waals surface area contributed by atoms with Crippen LogP contribution in [0.2, 0.25) is 0 Å². The van der Waals surface area contributed by atoms with Gasteiger partial charge in [-0.05, 0) is 67.9 Å². The van der Waals surface area contributed by atoms with Gasteiger partial charge in [0, 0.05) is 12.5 Å². The maximum absolute atomic E-state index is 12.3. The molecule has 0 spiro atoms. The minimum absolute atomic E-state index is 0. The summed E-state index contributed by atoms with van der Waals surface area (Å²) < 4.78 is 0. The van der Waals surface area contributed by atoms with Gasteiger partial charge in [-0.3, -0.25) is 4.79 Å². The van der Waals surface area contributed by atoms with Crippen LogP contribution in [0.15, 0.2) is 0 Å². The second-order valence-corrected chi connectivity index (χ2v) is 8.13. The van der Waals surface area contributed by atoms with Crippen LogP contribution in [0.3, 0.4) is 0 Å². The van der Waals surface area contributed by atoms with Crippen molar-refractivity contribution in [3.05, 3.63) is 0 Å². The third kappa shape index (κ3) is 2.84. The molecule has 122 valence electrons. The number of carbonyl (C=O) groups excluding carboxylic acids is 1. The molecule has 2 aliphatic carbocycles. The van der Waals surface area contributed by atoms with Crippen molar-refractivity contribution < 1.29 is 4.79 Å². The minimum Gasteiger partial charge on any atom is -0.353 e.